The van der Waals surface area contributed by atoms with Crippen molar-refractivity contribution in [2.75, 3.05) is 0 Å². The summed E-state index contributed by atoms with van der Waals surface area (Å²) in [4.78, 5) is 10.4. The van der Waals surface area contributed by atoms with Crippen molar-refractivity contribution in [2.45, 2.75) is 122 Å². The van der Waals surface area contributed by atoms with Gasteiger partial charge in [-0.1, -0.05) is 88.3 Å². The van der Waals surface area contributed by atoms with Crippen LogP contribution in [0.3, 0.4) is 0 Å². The van der Waals surface area contributed by atoms with Gasteiger partial charge in [0.05, 0.1) is 0 Å². The van der Waals surface area contributed by atoms with Crippen LogP contribution in [0.15, 0.2) is 36.5 Å². The molecule has 0 bridgehead atoms. The van der Waals surface area contributed by atoms with E-state index in [2.05, 4.69) is 43.4 Å². The highest BCUT2D eigenvalue weighted by Gasteiger charge is 1.93. The van der Waals surface area contributed by atoms with Crippen LogP contribution < -0.4 is 0 Å². The van der Waals surface area contributed by atoms with Crippen molar-refractivity contribution in [1.82, 2.24) is 0 Å². The Labute approximate surface area is 175 Å². The Morgan fingerprint density at radius 3 is 1.32 bits per heavy atom. The van der Waals surface area contributed by atoms with E-state index in [-0.39, 0.29) is 6.42 Å². The topological polar surface area (TPSA) is 37.3 Å². The molecule has 0 unspecified atom stereocenters. The Morgan fingerprint density at radius 2 is 0.893 bits per heavy atom. The molecule has 0 aromatic rings. The van der Waals surface area contributed by atoms with E-state index in [1.54, 1.807) is 0 Å². The maximum atomic E-state index is 10.4. The normalized spacial score (nSPS) is 12.0. The van der Waals surface area contributed by atoms with Gasteiger partial charge in [0, 0.05) is 6.42 Å². The van der Waals surface area contributed by atoms with Gasteiger partial charge in [-0.15, -0.1) is 0 Å². The molecular formula is C26H46O2. The summed E-state index contributed by atoms with van der Waals surface area (Å²) < 4.78 is 0. The van der Waals surface area contributed by atoms with E-state index in [4.69, 9.17) is 5.11 Å². The lowest BCUT2D eigenvalue weighted by atomic mass is 10.1. The second kappa shape index (κ2) is 23.7. The van der Waals surface area contributed by atoms with E-state index in [1.807, 2.05) is 0 Å². The second-order valence-corrected chi connectivity index (χ2v) is 7.83. The lowest BCUT2D eigenvalue weighted by molar-refractivity contribution is -0.137. The van der Waals surface area contributed by atoms with Crippen molar-refractivity contribution in [3.8, 4) is 0 Å². The zero-order chi connectivity index (χ0) is 20.5. The van der Waals surface area contributed by atoms with E-state index >= 15 is 0 Å². The minimum Gasteiger partial charge on any atom is -0.481 e. The van der Waals surface area contributed by atoms with Crippen LogP contribution in [0.4, 0.5) is 0 Å². The van der Waals surface area contributed by atoms with Crippen LogP contribution in [-0.2, 0) is 4.79 Å². The number of allylic oxidation sites excluding steroid dienone is 6. The fourth-order valence-electron chi connectivity index (χ4n) is 3.19. The van der Waals surface area contributed by atoms with Crippen LogP contribution in [0.1, 0.15) is 122 Å². The molecule has 1 N–H and O–H groups in total. The molecule has 0 atom stereocenters. The number of hydrogen-bond donors (Lipinski definition) is 1. The summed E-state index contributed by atoms with van der Waals surface area (Å²) in [5, 5.41) is 8.55. The van der Waals surface area contributed by atoms with Gasteiger partial charge < -0.3 is 5.11 Å². The summed E-state index contributed by atoms with van der Waals surface area (Å²) in [5.74, 6) is -0.698. The average molecular weight is 391 g/mol. The molecular weight excluding hydrogens is 344 g/mol. The third kappa shape index (κ3) is 24.7. The van der Waals surface area contributed by atoms with E-state index < -0.39 is 5.97 Å². The predicted molar refractivity (Wildman–Crippen MR) is 124 cm³/mol. The molecule has 0 spiro atoms. The predicted octanol–water partition coefficient (Wildman–Crippen LogP) is 8.78. The second-order valence-electron chi connectivity index (χ2n) is 7.83. The molecule has 0 aromatic carbocycles. The van der Waals surface area contributed by atoms with Crippen LogP contribution >= 0.6 is 0 Å². The van der Waals surface area contributed by atoms with Gasteiger partial charge in [0.25, 0.3) is 0 Å². The van der Waals surface area contributed by atoms with Crippen molar-refractivity contribution in [3.63, 3.8) is 0 Å². The fraction of sp³-hybridized carbons (Fsp3) is 0.731. The molecule has 0 saturated heterocycles. The van der Waals surface area contributed by atoms with E-state index in [1.165, 1.54) is 83.5 Å². The molecule has 0 aromatic heterocycles. The molecule has 0 aliphatic rings. The molecule has 0 aliphatic heterocycles. The van der Waals surface area contributed by atoms with Gasteiger partial charge in [0.15, 0.2) is 0 Å². The van der Waals surface area contributed by atoms with Gasteiger partial charge in [-0.2, -0.15) is 0 Å². The maximum absolute atomic E-state index is 10.4. The molecule has 162 valence electrons. The van der Waals surface area contributed by atoms with Crippen molar-refractivity contribution in [2.24, 2.45) is 0 Å². The van der Waals surface area contributed by atoms with Crippen molar-refractivity contribution in [1.29, 1.82) is 0 Å². The van der Waals surface area contributed by atoms with Gasteiger partial charge in [-0.3, -0.25) is 4.79 Å². The molecule has 0 amide bonds. The molecule has 0 rings (SSSR count). The highest BCUT2D eigenvalue weighted by atomic mass is 16.4. The molecule has 0 aliphatic carbocycles. The quantitative estimate of drug-likeness (QED) is 0.157. The number of hydrogen-bond acceptors (Lipinski definition) is 1. The fourth-order valence-corrected chi connectivity index (χ4v) is 3.19. The Balaban J connectivity index is 3.22. The maximum Gasteiger partial charge on any atom is 0.303 e. The van der Waals surface area contributed by atoms with E-state index in [9.17, 15) is 4.79 Å². The lowest BCUT2D eigenvalue weighted by Gasteiger charge is -1.98. The van der Waals surface area contributed by atoms with Gasteiger partial charge >= 0.3 is 5.97 Å². The molecule has 0 fully saturated rings. The first kappa shape index (κ1) is 26.7. The Kier molecular flexibility index (Phi) is 22.6. The molecule has 0 saturated carbocycles. The first-order valence-corrected chi connectivity index (χ1v) is 11.9. The van der Waals surface area contributed by atoms with Crippen LogP contribution in [0.25, 0.3) is 0 Å². The first-order chi connectivity index (χ1) is 13.8. The third-order valence-corrected chi connectivity index (χ3v) is 4.98. The lowest BCUT2D eigenvalue weighted by Crippen LogP contribution is -1.92. The van der Waals surface area contributed by atoms with Crippen molar-refractivity contribution >= 4 is 5.97 Å². The first-order valence-electron chi connectivity index (χ1n) is 11.9. The summed E-state index contributed by atoms with van der Waals surface area (Å²) in [7, 11) is 0. The minimum atomic E-state index is -0.698. The van der Waals surface area contributed by atoms with E-state index in [0.29, 0.717) is 0 Å². The summed E-state index contributed by atoms with van der Waals surface area (Å²) in [6.07, 6.45) is 35.2. The largest absolute Gasteiger partial charge is 0.481 e. The number of unbranched alkanes of at least 4 members (excludes halogenated alkanes) is 13. The highest BCUT2D eigenvalue weighted by molar-refractivity contribution is 5.66. The highest BCUT2D eigenvalue weighted by Crippen LogP contribution is 2.09. The summed E-state index contributed by atoms with van der Waals surface area (Å²) in [6.45, 7) is 2.27. The van der Waals surface area contributed by atoms with Gasteiger partial charge in [-0.25, -0.2) is 0 Å². The average Bonchev–Trinajstić information content (AvgIpc) is 2.68. The summed E-state index contributed by atoms with van der Waals surface area (Å²) in [6, 6.07) is 0. The minimum absolute atomic E-state index is 0.278. The Morgan fingerprint density at radius 1 is 0.536 bits per heavy atom. The molecule has 0 radical (unpaired) electrons. The molecule has 2 heteroatoms. The number of carboxylic acids is 1. The van der Waals surface area contributed by atoms with E-state index in [0.717, 1.165) is 25.7 Å². The Hall–Kier alpha value is -1.31. The van der Waals surface area contributed by atoms with Crippen LogP contribution in [0, 0.1) is 0 Å². The van der Waals surface area contributed by atoms with Gasteiger partial charge in [-0.05, 0) is 64.2 Å². The molecule has 28 heavy (non-hydrogen) atoms. The van der Waals surface area contributed by atoms with Gasteiger partial charge in [0.2, 0.25) is 0 Å². The van der Waals surface area contributed by atoms with Crippen LogP contribution in [0.5, 0.6) is 0 Å². The zero-order valence-electron chi connectivity index (χ0n) is 18.5. The molecule has 2 nitrogen and oxygen atoms in total. The SMILES string of the molecule is CCCCCCCC/C=C/CCCCCC/C=C/CC/C=C/CCCC(=O)O. The summed E-state index contributed by atoms with van der Waals surface area (Å²) in [5.41, 5.74) is 0. The number of rotatable bonds is 21. The smallest absolute Gasteiger partial charge is 0.303 e. The van der Waals surface area contributed by atoms with Crippen molar-refractivity contribution in [3.05, 3.63) is 36.5 Å². The zero-order valence-corrected chi connectivity index (χ0v) is 18.5. The number of aliphatic carboxylic acids is 1. The Bertz CT molecular complexity index is 407. The van der Waals surface area contributed by atoms with Crippen LogP contribution in [-0.4, -0.2) is 11.1 Å². The van der Waals surface area contributed by atoms with Crippen LogP contribution in [0.2, 0.25) is 0 Å². The standard InChI is InChI=1S/C26H46O2/c1-2-3-4-5-6-7-8-9-10-11-12-13-14-15-16-17-18-19-20-21-22-23-24-25-26(27)28/h9-10,17-18,21-22H,2-8,11-16,19-20,23-25H2,1H3,(H,27,28)/b10-9+,18-17+,22-21+. The third-order valence-electron chi connectivity index (χ3n) is 4.98. The van der Waals surface area contributed by atoms with Crippen molar-refractivity contribution < 1.29 is 9.90 Å². The van der Waals surface area contributed by atoms with Gasteiger partial charge in [0.1, 0.15) is 0 Å². The number of carboxylic acid groups (broad SMARTS) is 1. The summed E-state index contributed by atoms with van der Waals surface area (Å²) >= 11 is 0. The monoisotopic (exact) mass is 390 g/mol. The number of carbonyl (C=O) groups is 1. The molecule has 0 heterocycles.